The lowest BCUT2D eigenvalue weighted by Crippen LogP contribution is -2.39. The number of methoxy groups -OCH3 is 1. The minimum Gasteiger partial charge on any atom is -0.493 e. The third kappa shape index (κ3) is 5.77. The summed E-state index contributed by atoms with van der Waals surface area (Å²) in [6.07, 6.45) is 1.62. The first-order valence-corrected chi connectivity index (χ1v) is 14.8. The Labute approximate surface area is 268 Å². The van der Waals surface area contributed by atoms with Crippen LogP contribution in [0.15, 0.2) is 75.7 Å². The minimum atomic E-state index is -0.857. The van der Waals surface area contributed by atoms with Crippen LogP contribution in [-0.2, 0) is 9.53 Å². The second kappa shape index (κ2) is 12.4. The molecule has 0 aliphatic carbocycles. The van der Waals surface area contributed by atoms with Gasteiger partial charge in [0.05, 0.1) is 51.5 Å². The summed E-state index contributed by atoms with van der Waals surface area (Å²) in [5, 5.41) is 22.7. The molecular weight excluding hydrogens is 636 g/mol. The Morgan fingerprint density at radius 1 is 1.04 bits per heavy atom. The number of aromatic nitrogens is 1. The summed E-state index contributed by atoms with van der Waals surface area (Å²) < 4.78 is 29.3. The van der Waals surface area contributed by atoms with Gasteiger partial charge in [-0.05, 0) is 61.4 Å². The molecule has 0 saturated carbocycles. The molecule has 0 N–H and O–H groups in total. The van der Waals surface area contributed by atoms with E-state index in [2.05, 4.69) is 4.99 Å². The number of carbonyl (C=O) groups is 1. The van der Waals surface area contributed by atoms with Crippen molar-refractivity contribution in [3.8, 4) is 28.7 Å². The smallest absolute Gasteiger partial charge is 0.338 e. The second-order valence-corrected chi connectivity index (χ2v) is 11.1. The molecule has 0 spiro atoms. The molecule has 47 heavy (non-hydrogen) atoms. The SMILES string of the molecule is CCOC(=O)C1=C(C)N=c2s/c(=C/c3ccc(Oc4ccc([N+](=O)[O-])cc4[N+](=O)[O-])c(OC)c3)c(=O)n2C1c1ccc2c(c1)OCO2. The van der Waals surface area contributed by atoms with Crippen molar-refractivity contribution in [1.82, 2.24) is 4.57 Å². The number of nitro benzene ring substituents is 2. The Balaban J connectivity index is 1.41. The maximum absolute atomic E-state index is 14.0. The predicted molar refractivity (Wildman–Crippen MR) is 166 cm³/mol. The number of allylic oxidation sites excluding steroid dienone is 1. The van der Waals surface area contributed by atoms with E-state index in [9.17, 15) is 29.8 Å². The zero-order valence-electron chi connectivity index (χ0n) is 25.0. The van der Waals surface area contributed by atoms with Gasteiger partial charge in [-0.15, -0.1) is 0 Å². The van der Waals surface area contributed by atoms with Crippen molar-refractivity contribution in [3.05, 3.63) is 117 Å². The third-order valence-corrected chi connectivity index (χ3v) is 8.27. The molecule has 3 aromatic carbocycles. The van der Waals surface area contributed by atoms with Crippen molar-refractivity contribution in [3.63, 3.8) is 0 Å². The van der Waals surface area contributed by atoms with Crippen molar-refractivity contribution >= 4 is 34.8 Å². The van der Waals surface area contributed by atoms with E-state index in [1.54, 1.807) is 50.3 Å². The molecule has 6 rings (SSSR count). The van der Waals surface area contributed by atoms with E-state index in [1.807, 2.05) is 0 Å². The second-order valence-electron chi connectivity index (χ2n) is 10.1. The van der Waals surface area contributed by atoms with Crippen molar-refractivity contribution in [2.45, 2.75) is 19.9 Å². The van der Waals surface area contributed by atoms with Crippen LogP contribution < -0.4 is 33.8 Å². The lowest BCUT2D eigenvalue weighted by atomic mass is 9.95. The van der Waals surface area contributed by atoms with Gasteiger partial charge in [-0.2, -0.15) is 0 Å². The molecule has 0 radical (unpaired) electrons. The topological polar surface area (TPSA) is 184 Å². The fraction of sp³-hybridized carbons (Fsp3) is 0.194. The molecule has 16 heteroatoms. The van der Waals surface area contributed by atoms with Gasteiger partial charge < -0.3 is 23.7 Å². The number of benzene rings is 3. The molecule has 0 saturated heterocycles. The first-order chi connectivity index (χ1) is 22.6. The van der Waals surface area contributed by atoms with E-state index in [1.165, 1.54) is 17.7 Å². The van der Waals surface area contributed by atoms with Crippen LogP contribution >= 0.6 is 11.3 Å². The quantitative estimate of drug-likeness (QED) is 0.143. The van der Waals surface area contributed by atoms with Crippen LogP contribution in [0, 0.1) is 20.2 Å². The van der Waals surface area contributed by atoms with Crippen molar-refractivity contribution in [2.24, 2.45) is 4.99 Å². The van der Waals surface area contributed by atoms with Gasteiger partial charge >= 0.3 is 11.7 Å². The van der Waals surface area contributed by atoms with E-state index in [4.69, 9.17) is 23.7 Å². The number of fused-ring (bicyclic) bond motifs is 2. The van der Waals surface area contributed by atoms with Gasteiger partial charge in [0.15, 0.2) is 27.8 Å². The van der Waals surface area contributed by atoms with Crippen LogP contribution in [0.4, 0.5) is 11.4 Å². The lowest BCUT2D eigenvalue weighted by molar-refractivity contribution is -0.394. The molecule has 0 bridgehead atoms. The maximum Gasteiger partial charge on any atom is 0.338 e. The summed E-state index contributed by atoms with van der Waals surface area (Å²) in [6, 6.07) is 12.0. The normalized spacial score (nSPS) is 15.1. The first kappa shape index (κ1) is 31.0. The van der Waals surface area contributed by atoms with Gasteiger partial charge in [0, 0.05) is 6.07 Å². The lowest BCUT2D eigenvalue weighted by Gasteiger charge is -2.24. The van der Waals surface area contributed by atoms with Crippen LogP contribution in [0.5, 0.6) is 28.7 Å². The number of non-ortho nitro benzene ring substituents is 1. The van der Waals surface area contributed by atoms with Gasteiger partial charge in [0.2, 0.25) is 12.5 Å². The van der Waals surface area contributed by atoms with Crippen molar-refractivity contribution < 1.29 is 38.3 Å². The zero-order valence-corrected chi connectivity index (χ0v) is 25.8. The number of thiazole rings is 1. The Morgan fingerprint density at radius 2 is 1.81 bits per heavy atom. The highest BCUT2D eigenvalue weighted by atomic mass is 32.1. The molecule has 4 aromatic rings. The third-order valence-electron chi connectivity index (χ3n) is 7.28. The Kier molecular flexibility index (Phi) is 8.17. The van der Waals surface area contributed by atoms with Crippen LogP contribution in [-0.4, -0.2) is 40.9 Å². The number of carbonyl (C=O) groups excluding carboxylic acids is 1. The van der Waals surface area contributed by atoms with Crippen molar-refractivity contribution in [1.29, 1.82) is 0 Å². The summed E-state index contributed by atoms with van der Waals surface area (Å²) in [5.41, 5.74) is 0.280. The number of hydrogen-bond acceptors (Lipinski definition) is 13. The van der Waals surface area contributed by atoms with Gasteiger partial charge in [-0.1, -0.05) is 23.5 Å². The summed E-state index contributed by atoms with van der Waals surface area (Å²) in [6.45, 7) is 3.56. The Hall–Kier alpha value is -6.03. The summed E-state index contributed by atoms with van der Waals surface area (Å²) in [4.78, 5) is 53.3. The highest BCUT2D eigenvalue weighted by Gasteiger charge is 2.34. The largest absolute Gasteiger partial charge is 0.493 e. The van der Waals surface area contributed by atoms with E-state index in [0.29, 0.717) is 37.7 Å². The molecule has 15 nitrogen and oxygen atoms in total. The van der Waals surface area contributed by atoms with Gasteiger partial charge in [0.1, 0.15) is 0 Å². The number of esters is 1. The van der Waals surface area contributed by atoms with Gasteiger partial charge in [-0.3, -0.25) is 29.6 Å². The molecule has 3 heterocycles. The van der Waals surface area contributed by atoms with Crippen LogP contribution in [0.25, 0.3) is 6.08 Å². The minimum absolute atomic E-state index is 0.0548. The maximum atomic E-state index is 14.0. The summed E-state index contributed by atoms with van der Waals surface area (Å²) in [7, 11) is 1.37. The van der Waals surface area contributed by atoms with Crippen LogP contribution in [0.3, 0.4) is 0 Å². The monoisotopic (exact) mass is 660 g/mol. The number of nitro groups is 2. The van der Waals surface area contributed by atoms with Gasteiger partial charge in [0.25, 0.3) is 11.2 Å². The molecule has 0 fully saturated rings. The van der Waals surface area contributed by atoms with Gasteiger partial charge in [-0.25, -0.2) is 9.79 Å². The molecular formula is C31H24N4O11S. The van der Waals surface area contributed by atoms with E-state index in [0.717, 1.165) is 29.5 Å². The predicted octanol–water partition coefficient (Wildman–Crippen LogP) is 4.14. The average Bonchev–Trinajstić information content (AvgIpc) is 3.64. The van der Waals surface area contributed by atoms with Crippen molar-refractivity contribution in [2.75, 3.05) is 20.5 Å². The molecule has 240 valence electrons. The molecule has 2 aliphatic heterocycles. The molecule has 1 atom stereocenters. The number of rotatable bonds is 9. The van der Waals surface area contributed by atoms with Crippen LogP contribution in [0.1, 0.15) is 31.0 Å². The highest BCUT2D eigenvalue weighted by Crippen LogP contribution is 2.40. The molecule has 1 unspecified atom stereocenters. The Bertz CT molecular complexity index is 2190. The zero-order chi connectivity index (χ0) is 33.4. The van der Waals surface area contributed by atoms with E-state index >= 15 is 0 Å². The Morgan fingerprint density at radius 3 is 2.53 bits per heavy atom. The molecule has 1 aromatic heterocycles. The average molecular weight is 661 g/mol. The number of ether oxygens (including phenoxy) is 5. The fourth-order valence-electron chi connectivity index (χ4n) is 5.17. The standard InChI is InChI=1S/C31H24N4O11S/c1-4-43-30(37)27-16(2)32-31-33(28(27)18-6-9-22-25(13-18)45-15-44-22)29(36)26(47-31)12-17-5-8-23(24(11-17)42-3)46-21-10-7-19(34(38)39)14-20(21)35(40)41/h5-14,28H,4,15H2,1-3H3/b26-12+. The number of hydrogen-bond donors (Lipinski definition) is 0. The van der Waals surface area contributed by atoms with E-state index < -0.39 is 38.8 Å². The van der Waals surface area contributed by atoms with Crippen LogP contribution in [0.2, 0.25) is 0 Å². The molecule has 0 amide bonds. The summed E-state index contributed by atoms with van der Waals surface area (Å²) in [5.74, 6) is 0.481. The summed E-state index contributed by atoms with van der Waals surface area (Å²) >= 11 is 1.12. The first-order valence-electron chi connectivity index (χ1n) is 14.0. The van der Waals surface area contributed by atoms with E-state index in [-0.39, 0.29) is 36.2 Å². The number of nitrogens with zero attached hydrogens (tertiary/aromatic N) is 4. The molecule has 2 aliphatic rings. The fourth-order valence-corrected chi connectivity index (χ4v) is 6.21. The highest BCUT2D eigenvalue weighted by molar-refractivity contribution is 7.07.